The van der Waals surface area contributed by atoms with Gasteiger partial charge in [0.2, 0.25) is 0 Å². The Bertz CT molecular complexity index is 1590. The van der Waals surface area contributed by atoms with Crippen molar-refractivity contribution in [2.24, 2.45) is 0 Å². The van der Waals surface area contributed by atoms with Gasteiger partial charge < -0.3 is 19.7 Å². The summed E-state index contributed by atoms with van der Waals surface area (Å²) in [4.78, 5) is 47.0. The molecular weight excluding hydrogens is 683 g/mol. The molecule has 1 saturated heterocycles. The number of halogens is 4. The summed E-state index contributed by atoms with van der Waals surface area (Å²) in [5.74, 6) is -3.34. The molecule has 1 fully saturated rings. The fourth-order valence-electron chi connectivity index (χ4n) is 6.44. The molecule has 3 heterocycles. The number of amides is 4. The summed E-state index contributed by atoms with van der Waals surface area (Å²) < 4.78 is 38.2. The van der Waals surface area contributed by atoms with Gasteiger partial charge in [0, 0.05) is 24.9 Å². The summed E-state index contributed by atoms with van der Waals surface area (Å²) in [7, 11) is 2.43. The fourth-order valence-corrected chi connectivity index (χ4v) is 6.44. The van der Waals surface area contributed by atoms with Crippen molar-refractivity contribution in [1.82, 2.24) is 25.2 Å². The number of nitrogens with one attached hydrogen (secondary N) is 1. The summed E-state index contributed by atoms with van der Waals surface area (Å²) in [6, 6.07) is 13.5. The number of ether oxygens (including phenoxy) is 2. The lowest BCUT2D eigenvalue weighted by atomic mass is 9.68. The van der Waals surface area contributed by atoms with Gasteiger partial charge in [0.1, 0.15) is 6.04 Å². The van der Waals surface area contributed by atoms with Crippen LogP contribution >= 0.6 is 24.8 Å². The average Bonchev–Trinajstić information content (AvgIpc) is 3.10. The Labute approximate surface area is 295 Å². The van der Waals surface area contributed by atoms with E-state index in [0.29, 0.717) is 22.9 Å². The lowest BCUT2D eigenvalue weighted by Crippen LogP contribution is -2.55. The van der Waals surface area contributed by atoms with Crippen molar-refractivity contribution in [2.75, 3.05) is 47.0 Å². The highest BCUT2D eigenvalue weighted by Gasteiger charge is 2.44. The van der Waals surface area contributed by atoms with Crippen LogP contribution in [0.4, 0.5) is 18.4 Å². The number of carbonyl (C=O) groups is 3. The van der Waals surface area contributed by atoms with E-state index in [9.17, 15) is 28.4 Å². The molecule has 264 valence electrons. The molecule has 4 amide bonds. The van der Waals surface area contributed by atoms with E-state index in [1.165, 1.54) is 12.7 Å². The van der Waals surface area contributed by atoms with Crippen molar-refractivity contribution < 1.29 is 37.8 Å². The van der Waals surface area contributed by atoms with Crippen molar-refractivity contribution in [2.45, 2.75) is 30.7 Å². The van der Waals surface area contributed by atoms with Gasteiger partial charge in [0.25, 0.3) is 0 Å². The van der Waals surface area contributed by atoms with Crippen molar-refractivity contribution in [3.05, 3.63) is 113 Å². The van der Waals surface area contributed by atoms with Crippen molar-refractivity contribution in [3.8, 4) is 0 Å². The normalized spacial score (nSPS) is 17.4. The third-order valence-electron chi connectivity index (χ3n) is 8.81. The number of likely N-dealkylation sites (tertiary alicyclic amines) is 1. The van der Waals surface area contributed by atoms with Gasteiger partial charge in [-0.2, -0.15) is 0 Å². The second kappa shape index (κ2) is 17.5. The molecule has 15 heteroatoms. The lowest BCUT2D eigenvalue weighted by molar-refractivity contribution is -0.137. The Morgan fingerprint density at radius 2 is 1.71 bits per heavy atom. The molecule has 3 aromatic rings. The highest BCUT2D eigenvalue weighted by Crippen LogP contribution is 2.41. The SMILES string of the molecule is COCC1=C(C(=O)OC)C(c2ccc(F)c(F)c2)N(C(=O)N(O)CCCN2CCC(c3ccccc3)(c3cccnc3)CC2)C(=O)N1.Cl.Cl. The van der Waals surface area contributed by atoms with Crippen LogP contribution in [-0.4, -0.2) is 90.1 Å². The van der Waals surface area contributed by atoms with Crippen LogP contribution in [0, 0.1) is 11.6 Å². The number of hydrogen-bond donors (Lipinski definition) is 2. The summed E-state index contributed by atoms with van der Waals surface area (Å²) >= 11 is 0. The second-order valence-electron chi connectivity index (χ2n) is 11.5. The molecule has 5 rings (SSSR count). The van der Waals surface area contributed by atoms with Crippen LogP contribution in [0.1, 0.15) is 42.0 Å². The topological polar surface area (TPSA) is 125 Å². The van der Waals surface area contributed by atoms with Crippen LogP contribution in [0.5, 0.6) is 0 Å². The molecule has 0 bridgehead atoms. The fraction of sp³-hybridized carbons (Fsp3) is 0.353. The number of urea groups is 2. The number of hydrogen-bond acceptors (Lipinski definition) is 8. The van der Waals surface area contributed by atoms with Crippen LogP contribution in [0.15, 0.2) is 84.3 Å². The summed E-state index contributed by atoms with van der Waals surface area (Å²) in [6.45, 7) is 1.71. The molecule has 0 aliphatic carbocycles. The molecule has 2 aliphatic rings. The first-order valence-electron chi connectivity index (χ1n) is 15.2. The largest absolute Gasteiger partial charge is 0.466 e. The molecule has 1 atom stereocenters. The summed E-state index contributed by atoms with van der Waals surface area (Å²) in [5, 5.41) is 13.7. The Balaban J connectivity index is 0.00000325. The summed E-state index contributed by atoms with van der Waals surface area (Å²) in [6.07, 6.45) is 5.74. The predicted octanol–water partition coefficient (Wildman–Crippen LogP) is 5.63. The first-order chi connectivity index (χ1) is 22.7. The van der Waals surface area contributed by atoms with E-state index in [2.05, 4.69) is 33.4 Å². The minimum absolute atomic E-state index is 0. The van der Waals surface area contributed by atoms with Gasteiger partial charge in [-0.3, -0.25) is 10.2 Å². The number of piperidine rings is 1. The molecule has 2 aromatic carbocycles. The average molecular weight is 723 g/mol. The molecule has 2 N–H and O–H groups in total. The van der Waals surface area contributed by atoms with Gasteiger partial charge >= 0.3 is 18.0 Å². The Morgan fingerprint density at radius 1 is 1.02 bits per heavy atom. The number of esters is 1. The maximum atomic E-state index is 14.4. The molecule has 2 aliphatic heterocycles. The van der Waals surface area contributed by atoms with Crippen molar-refractivity contribution in [3.63, 3.8) is 0 Å². The molecular formula is C34H39Cl2F2N5O6. The number of hydroxylamine groups is 2. The van der Waals surface area contributed by atoms with Crippen molar-refractivity contribution in [1.29, 1.82) is 0 Å². The van der Waals surface area contributed by atoms with E-state index in [1.54, 1.807) is 6.20 Å². The zero-order valence-corrected chi connectivity index (χ0v) is 28.6. The van der Waals surface area contributed by atoms with Gasteiger partial charge in [-0.25, -0.2) is 33.1 Å². The number of pyridine rings is 1. The highest BCUT2D eigenvalue weighted by atomic mass is 35.5. The lowest BCUT2D eigenvalue weighted by Gasteiger charge is -2.43. The van der Waals surface area contributed by atoms with E-state index in [4.69, 9.17) is 9.47 Å². The van der Waals surface area contributed by atoms with E-state index in [0.717, 1.165) is 56.8 Å². The second-order valence-corrected chi connectivity index (χ2v) is 11.5. The van der Waals surface area contributed by atoms with Crippen LogP contribution in [0.2, 0.25) is 0 Å². The van der Waals surface area contributed by atoms with Gasteiger partial charge in [0.15, 0.2) is 11.6 Å². The van der Waals surface area contributed by atoms with Gasteiger partial charge in [-0.05, 0) is 73.8 Å². The Hall–Kier alpha value is -4.14. The van der Waals surface area contributed by atoms with E-state index in [-0.39, 0.29) is 60.2 Å². The Morgan fingerprint density at radius 3 is 2.33 bits per heavy atom. The summed E-state index contributed by atoms with van der Waals surface area (Å²) in [5.41, 5.74) is 1.86. The monoisotopic (exact) mass is 721 g/mol. The third kappa shape index (κ3) is 8.36. The van der Waals surface area contributed by atoms with Gasteiger partial charge in [-0.15, -0.1) is 24.8 Å². The maximum absolute atomic E-state index is 14.4. The number of carbonyl (C=O) groups excluding carboxylic acids is 3. The molecule has 49 heavy (non-hydrogen) atoms. The van der Waals surface area contributed by atoms with E-state index in [1.807, 2.05) is 30.5 Å². The van der Waals surface area contributed by atoms with E-state index >= 15 is 0 Å². The minimum atomic E-state index is -1.54. The van der Waals surface area contributed by atoms with Crippen LogP contribution in [0.3, 0.4) is 0 Å². The quantitative estimate of drug-likeness (QED) is 0.157. The molecule has 0 spiro atoms. The first kappa shape index (κ1) is 39.3. The van der Waals surface area contributed by atoms with E-state index < -0.39 is 35.7 Å². The highest BCUT2D eigenvalue weighted by molar-refractivity contribution is 6.01. The van der Waals surface area contributed by atoms with Crippen LogP contribution < -0.4 is 5.32 Å². The maximum Gasteiger partial charge on any atom is 0.352 e. The molecule has 11 nitrogen and oxygen atoms in total. The zero-order valence-electron chi connectivity index (χ0n) is 27.0. The Kier molecular flexibility index (Phi) is 14.0. The van der Waals surface area contributed by atoms with Crippen LogP contribution in [0.25, 0.3) is 0 Å². The zero-order chi connectivity index (χ0) is 33.6. The number of aromatic nitrogens is 1. The molecule has 1 unspecified atom stereocenters. The number of imide groups is 1. The predicted molar refractivity (Wildman–Crippen MR) is 181 cm³/mol. The number of methoxy groups -OCH3 is 2. The molecule has 0 saturated carbocycles. The minimum Gasteiger partial charge on any atom is -0.466 e. The van der Waals surface area contributed by atoms with Gasteiger partial charge in [0.05, 0.1) is 31.5 Å². The number of nitrogens with zero attached hydrogens (tertiary/aromatic N) is 4. The van der Waals surface area contributed by atoms with Crippen LogP contribution in [-0.2, 0) is 19.7 Å². The first-order valence-corrected chi connectivity index (χ1v) is 15.2. The molecule has 0 radical (unpaired) electrons. The third-order valence-corrected chi connectivity index (χ3v) is 8.81. The smallest absolute Gasteiger partial charge is 0.352 e. The standard InChI is InChI=1S/C34H37F2N5O6.2ClH/c1-46-22-28-29(31(42)47-2)30(23-11-12-26(35)27(36)20-23)41(32(43)38-28)33(44)40(45)17-7-16-39-18-13-34(14-19-39,24-8-4-3-5-9-24)25-10-6-15-37-21-25;;/h3-6,8-12,15,20-21,30,45H,7,13-14,16-19,22H2,1-2H3,(H,38,43);2*1H. The number of rotatable bonds is 10. The van der Waals surface area contributed by atoms with Crippen molar-refractivity contribution >= 4 is 42.8 Å². The van der Waals surface area contributed by atoms with Gasteiger partial charge in [-0.1, -0.05) is 42.5 Å². The number of benzene rings is 2. The molecule has 1 aromatic heterocycles.